The van der Waals surface area contributed by atoms with Crippen LogP contribution in [-0.4, -0.2) is 24.3 Å². The second-order valence-electron chi connectivity index (χ2n) is 9.83. The summed E-state index contributed by atoms with van der Waals surface area (Å²) in [4.78, 5) is 29.0. The highest BCUT2D eigenvalue weighted by molar-refractivity contribution is 6.21. The molecule has 3 atom stereocenters. The molecule has 3 unspecified atom stereocenters. The molecule has 1 aliphatic carbocycles. The Morgan fingerprint density at radius 2 is 1.47 bits per heavy atom. The molecule has 32 heavy (non-hydrogen) atoms. The molecule has 0 aliphatic heterocycles. The summed E-state index contributed by atoms with van der Waals surface area (Å²) in [6.45, 7) is 8.60. The molecular formula is C29H38O3. The van der Waals surface area contributed by atoms with E-state index in [1.165, 1.54) is 0 Å². The van der Waals surface area contributed by atoms with Crippen LogP contribution >= 0.6 is 0 Å². The van der Waals surface area contributed by atoms with Gasteiger partial charge in [-0.1, -0.05) is 101 Å². The van der Waals surface area contributed by atoms with E-state index in [-0.39, 0.29) is 29.3 Å². The summed E-state index contributed by atoms with van der Waals surface area (Å²) in [5.74, 6) is 0.184. The van der Waals surface area contributed by atoms with Crippen molar-refractivity contribution in [2.75, 3.05) is 7.11 Å². The van der Waals surface area contributed by atoms with Gasteiger partial charge in [-0.15, -0.1) is 0 Å². The number of carbonyl (C=O) groups is 2. The van der Waals surface area contributed by atoms with Crippen LogP contribution in [0.25, 0.3) is 0 Å². The molecule has 1 aliphatic rings. The van der Waals surface area contributed by atoms with Crippen molar-refractivity contribution in [3.8, 4) is 0 Å². The standard InChI is InChI=1S/C29H38O3/c1-6-7-18-25-19-22(4)20-28(29(25,32-5)21(2)3,26(30)23-14-10-8-11-15-23)27(31)24-16-12-9-13-17-24/h8-17,21-22,25H,6-7,18-20H2,1-5H3. The number of unbranched alkanes of at least 4 members (excludes halogenated alkanes) is 1. The Kier molecular flexibility index (Phi) is 7.71. The van der Waals surface area contributed by atoms with E-state index in [1.807, 2.05) is 60.7 Å². The van der Waals surface area contributed by atoms with Crippen molar-refractivity contribution in [2.45, 2.75) is 65.4 Å². The highest BCUT2D eigenvalue weighted by atomic mass is 16.5. The molecule has 1 saturated carbocycles. The molecular weight excluding hydrogens is 396 g/mol. The lowest BCUT2D eigenvalue weighted by Gasteiger charge is -2.58. The van der Waals surface area contributed by atoms with Gasteiger partial charge in [-0.25, -0.2) is 0 Å². The maximum absolute atomic E-state index is 14.5. The maximum atomic E-state index is 14.5. The first-order chi connectivity index (χ1) is 15.3. The highest BCUT2D eigenvalue weighted by Gasteiger charge is 2.67. The van der Waals surface area contributed by atoms with Crippen molar-refractivity contribution in [1.29, 1.82) is 0 Å². The minimum Gasteiger partial charge on any atom is -0.376 e. The van der Waals surface area contributed by atoms with Crippen LogP contribution in [0.5, 0.6) is 0 Å². The third-order valence-corrected chi connectivity index (χ3v) is 7.56. The van der Waals surface area contributed by atoms with Crippen LogP contribution in [0, 0.1) is 23.2 Å². The van der Waals surface area contributed by atoms with Crippen LogP contribution in [0.3, 0.4) is 0 Å². The Hall–Kier alpha value is -2.26. The third kappa shape index (κ3) is 3.96. The van der Waals surface area contributed by atoms with Gasteiger partial charge in [0, 0.05) is 18.2 Å². The van der Waals surface area contributed by atoms with Crippen molar-refractivity contribution in [2.24, 2.45) is 23.2 Å². The Labute approximate surface area is 193 Å². The molecule has 0 heterocycles. The molecule has 172 valence electrons. The van der Waals surface area contributed by atoms with E-state index in [9.17, 15) is 9.59 Å². The minimum absolute atomic E-state index is 0.00202. The molecule has 0 saturated heterocycles. The first-order valence-corrected chi connectivity index (χ1v) is 12.1. The quantitative estimate of drug-likeness (QED) is 0.315. The molecule has 0 N–H and O–H groups in total. The summed E-state index contributed by atoms with van der Waals surface area (Å²) >= 11 is 0. The van der Waals surface area contributed by atoms with E-state index in [0.29, 0.717) is 17.5 Å². The van der Waals surface area contributed by atoms with Gasteiger partial charge in [0.1, 0.15) is 5.41 Å². The number of hydrogen-bond acceptors (Lipinski definition) is 3. The number of methoxy groups -OCH3 is 1. The molecule has 0 spiro atoms. The fraction of sp³-hybridized carbons (Fsp3) is 0.517. The highest BCUT2D eigenvalue weighted by Crippen LogP contribution is 2.59. The molecule has 3 nitrogen and oxygen atoms in total. The Morgan fingerprint density at radius 1 is 0.969 bits per heavy atom. The van der Waals surface area contributed by atoms with Gasteiger partial charge in [-0.2, -0.15) is 0 Å². The van der Waals surface area contributed by atoms with Gasteiger partial charge in [0.05, 0.1) is 5.60 Å². The van der Waals surface area contributed by atoms with Gasteiger partial charge in [-0.05, 0) is 37.0 Å². The average Bonchev–Trinajstić information content (AvgIpc) is 2.82. The second kappa shape index (κ2) is 10.1. The number of ether oxygens (including phenoxy) is 1. The molecule has 0 amide bonds. The van der Waals surface area contributed by atoms with Crippen molar-refractivity contribution >= 4 is 11.6 Å². The fourth-order valence-electron chi connectivity index (χ4n) is 6.41. The molecule has 1 fully saturated rings. The Balaban J connectivity index is 2.33. The monoisotopic (exact) mass is 434 g/mol. The molecule has 2 aromatic rings. The van der Waals surface area contributed by atoms with Crippen LogP contribution in [0.1, 0.15) is 80.5 Å². The number of rotatable bonds is 9. The molecule has 2 aromatic carbocycles. The molecule has 0 radical (unpaired) electrons. The normalized spacial score (nSPS) is 24.9. The van der Waals surface area contributed by atoms with Crippen LogP contribution < -0.4 is 0 Å². The van der Waals surface area contributed by atoms with Crippen LogP contribution in [0.2, 0.25) is 0 Å². The predicted octanol–water partition coefficient (Wildman–Crippen LogP) is 7.02. The van der Waals surface area contributed by atoms with Gasteiger partial charge < -0.3 is 4.74 Å². The molecule has 0 bridgehead atoms. The predicted molar refractivity (Wildman–Crippen MR) is 130 cm³/mol. The van der Waals surface area contributed by atoms with E-state index in [2.05, 4.69) is 27.7 Å². The van der Waals surface area contributed by atoms with E-state index < -0.39 is 11.0 Å². The van der Waals surface area contributed by atoms with E-state index in [0.717, 1.165) is 25.7 Å². The lowest BCUT2D eigenvalue weighted by atomic mass is 9.47. The SMILES string of the molecule is CCCCC1CC(C)CC(C(=O)c2ccccc2)(C(=O)c2ccccc2)C1(OC)C(C)C. The summed E-state index contributed by atoms with van der Waals surface area (Å²) in [6.07, 6.45) is 4.57. The number of carbonyl (C=O) groups excluding carboxylic acids is 2. The smallest absolute Gasteiger partial charge is 0.179 e. The van der Waals surface area contributed by atoms with Crippen LogP contribution in [-0.2, 0) is 4.74 Å². The number of Topliss-reactive ketones (excluding diaryl/α,β-unsaturated/α-hetero) is 2. The van der Waals surface area contributed by atoms with Gasteiger partial charge >= 0.3 is 0 Å². The number of ketones is 2. The number of hydrogen-bond donors (Lipinski definition) is 0. The topological polar surface area (TPSA) is 43.4 Å². The third-order valence-electron chi connectivity index (χ3n) is 7.56. The van der Waals surface area contributed by atoms with Crippen molar-refractivity contribution < 1.29 is 14.3 Å². The Bertz CT molecular complexity index is 851. The zero-order valence-electron chi connectivity index (χ0n) is 20.3. The average molecular weight is 435 g/mol. The van der Waals surface area contributed by atoms with Gasteiger partial charge in [0.2, 0.25) is 0 Å². The molecule has 0 aromatic heterocycles. The van der Waals surface area contributed by atoms with E-state index in [4.69, 9.17) is 4.74 Å². The van der Waals surface area contributed by atoms with Crippen molar-refractivity contribution in [3.63, 3.8) is 0 Å². The first kappa shape index (κ1) is 24.4. The van der Waals surface area contributed by atoms with Crippen LogP contribution in [0.15, 0.2) is 60.7 Å². The lowest BCUT2D eigenvalue weighted by Crippen LogP contribution is -2.68. The van der Waals surface area contributed by atoms with Gasteiger partial charge in [0.25, 0.3) is 0 Å². The summed E-state index contributed by atoms with van der Waals surface area (Å²) in [7, 11) is 1.71. The number of benzene rings is 2. The first-order valence-electron chi connectivity index (χ1n) is 12.1. The van der Waals surface area contributed by atoms with Crippen molar-refractivity contribution in [1.82, 2.24) is 0 Å². The van der Waals surface area contributed by atoms with E-state index >= 15 is 0 Å². The van der Waals surface area contributed by atoms with Crippen LogP contribution in [0.4, 0.5) is 0 Å². The van der Waals surface area contributed by atoms with E-state index in [1.54, 1.807) is 7.11 Å². The summed E-state index contributed by atoms with van der Waals surface area (Å²) < 4.78 is 6.46. The fourth-order valence-corrected chi connectivity index (χ4v) is 6.41. The second-order valence-corrected chi connectivity index (χ2v) is 9.83. The summed E-state index contributed by atoms with van der Waals surface area (Å²) in [6, 6.07) is 18.7. The summed E-state index contributed by atoms with van der Waals surface area (Å²) in [5.41, 5.74) is -0.965. The minimum atomic E-state index is -1.27. The largest absolute Gasteiger partial charge is 0.376 e. The lowest BCUT2D eigenvalue weighted by molar-refractivity contribution is -0.177. The maximum Gasteiger partial charge on any atom is 0.179 e. The summed E-state index contributed by atoms with van der Waals surface area (Å²) in [5, 5.41) is 0. The van der Waals surface area contributed by atoms with Crippen molar-refractivity contribution in [3.05, 3.63) is 71.8 Å². The van der Waals surface area contributed by atoms with Gasteiger partial charge in [0.15, 0.2) is 11.6 Å². The zero-order valence-corrected chi connectivity index (χ0v) is 20.3. The Morgan fingerprint density at radius 3 is 1.88 bits per heavy atom. The zero-order chi connectivity index (χ0) is 23.4. The molecule has 3 rings (SSSR count). The molecule has 3 heteroatoms. The van der Waals surface area contributed by atoms with Gasteiger partial charge in [-0.3, -0.25) is 9.59 Å².